The van der Waals surface area contributed by atoms with Gasteiger partial charge in [0.1, 0.15) is 5.88 Å². The van der Waals surface area contributed by atoms with Crippen molar-refractivity contribution < 1.29 is 4.79 Å². The molecule has 0 bridgehead atoms. The number of carbonyl (C=O) groups excluding carboxylic acids is 1. The van der Waals surface area contributed by atoms with E-state index < -0.39 is 0 Å². The highest BCUT2D eigenvalue weighted by atomic mass is 35.5. The molecule has 0 aliphatic carbocycles. The number of hydrogen-bond donors (Lipinski definition) is 0. The van der Waals surface area contributed by atoms with E-state index in [0.29, 0.717) is 0 Å². The molecule has 0 aromatic heterocycles. The second-order valence-electron chi connectivity index (χ2n) is 3.91. The van der Waals surface area contributed by atoms with Gasteiger partial charge < -0.3 is 4.90 Å². The summed E-state index contributed by atoms with van der Waals surface area (Å²) in [5, 5.41) is 0. The van der Waals surface area contributed by atoms with E-state index in [0.717, 1.165) is 18.5 Å². The number of anilines is 1. The summed E-state index contributed by atoms with van der Waals surface area (Å²) in [4.78, 5) is 13.6. The van der Waals surface area contributed by atoms with Crippen molar-refractivity contribution in [3.8, 4) is 0 Å². The Balaban J connectivity index is 2.41. The van der Waals surface area contributed by atoms with Crippen molar-refractivity contribution in [2.75, 3.05) is 10.8 Å². The van der Waals surface area contributed by atoms with Gasteiger partial charge in [0.25, 0.3) is 0 Å². The Morgan fingerprint density at radius 3 is 3.00 bits per heavy atom. The monoisotopic (exact) mass is 223 g/mol. The molecule has 1 aromatic carbocycles. The first-order valence-electron chi connectivity index (χ1n) is 5.20. The Hall–Kier alpha value is -1.02. The van der Waals surface area contributed by atoms with E-state index in [-0.39, 0.29) is 17.8 Å². The quantitative estimate of drug-likeness (QED) is 0.671. The van der Waals surface area contributed by atoms with Crippen LogP contribution in [0.1, 0.15) is 18.9 Å². The van der Waals surface area contributed by atoms with Crippen molar-refractivity contribution in [2.45, 2.75) is 25.8 Å². The Morgan fingerprint density at radius 1 is 1.53 bits per heavy atom. The van der Waals surface area contributed by atoms with Crippen molar-refractivity contribution in [2.24, 2.45) is 0 Å². The Morgan fingerprint density at radius 2 is 2.27 bits per heavy atom. The SMILES string of the molecule is CC1CCc2ccccc2N1C(=O)CCl. The van der Waals surface area contributed by atoms with Gasteiger partial charge in [-0.25, -0.2) is 0 Å². The van der Waals surface area contributed by atoms with E-state index in [2.05, 4.69) is 13.0 Å². The number of amides is 1. The zero-order valence-corrected chi connectivity index (χ0v) is 9.50. The lowest BCUT2D eigenvalue weighted by Crippen LogP contribution is -2.42. The Kier molecular flexibility index (Phi) is 2.96. The van der Waals surface area contributed by atoms with Crippen LogP contribution in [0.25, 0.3) is 0 Å². The summed E-state index contributed by atoms with van der Waals surface area (Å²) < 4.78 is 0. The molecule has 0 radical (unpaired) electrons. The predicted molar refractivity (Wildman–Crippen MR) is 62.4 cm³/mol. The highest BCUT2D eigenvalue weighted by molar-refractivity contribution is 6.29. The molecule has 1 heterocycles. The highest BCUT2D eigenvalue weighted by Gasteiger charge is 2.26. The van der Waals surface area contributed by atoms with Crippen molar-refractivity contribution in [1.82, 2.24) is 0 Å². The number of aryl methyl sites for hydroxylation is 1. The minimum absolute atomic E-state index is 0.00341. The van der Waals surface area contributed by atoms with Crippen LogP contribution in [0.5, 0.6) is 0 Å². The van der Waals surface area contributed by atoms with Crippen LogP contribution in [0.4, 0.5) is 5.69 Å². The molecule has 1 aromatic rings. The maximum atomic E-state index is 11.7. The third kappa shape index (κ3) is 1.86. The molecule has 1 unspecified atom stereocenters. The van der Waals surface area contributed by atoms with E-state index in [4.69, 9.17) is 11.6 Å². The lowest BCUT2D eigenvalue weighted by molar-refractivity contribution is -0.116. The molecule has 1 amide bonds. The summed E-state index contributed by atoms with van der Waals surface area (Å²) in [6, 6.07) is 8.31. The number of hydrogen-bond acceptors (Lipinski definition) is 1. The molecular weight excluding hydrogens is 210 g/mol. The summed E-state index contributed by atoms with van der Waals surface area (Å²) in [6.07, 6.45) is 2.06. The van der Waals surface area contributed by atoms with Gasteiger partial charge in [0.05, 0.1) is 0 Å². The van der Waals surface area contributed by atoms with Gasteiger partial charge in [0, 0.05) is 11.7 Å². The average molecular weight is 224 g/mol. The Labute approximate surface area is 94.8 Å². The van der Waals surface area contributed by atoms with Crippen LogP contribution >= 0.6 is 11.6 Å². The van der Waals surface area contributed by atoms with Crippen molar-refractivity contribution in [3.63, 3.8) is 0 Å². The predicted octanol–water partition coefficient (Wildman–Crippen LogP) is 2.59. The van der Waals surface area contributed by atoms with E-state index in [1.54, 1.807) is 0 Å². The van der Waals surface area contributed by atoms with E-state index in [1.165, 1.54) is 5.56 Å². The summed E-state index contributed by atoms with van der Waals surface area (Å²) in [5.41, 5.74) is 2.27. The number of halogens is 1. The van der Waals surface area contributed by atoms with Crippen molar-refractivity contribution >= 4 is 23.2 Å². The van der Waals surface area contributed by atoms with E-state index in [9.17, 15) is 4.79 Å². The van der Waals surface area contributed by atoms with Crippen molar-refractivity contribution in [1.29, 1.82) is 0 Å². The molecule has 1 aliphatic heterocycles. The van der Waals surface area contributed by atoms with Gasteiger partial charge >= 0.3 is 0 Å². The molecule has 2 rings (SSSR count). The number of para-hydroxylation sites is 1. The van der Waals surface area contributed by atoms with Crippen LogP contribution < -0.4 is 4.90 Å². The molecule has 1 aliphatic rings. The van der Waals surface area contributed by atoms with Gasteiger partial charge in [-0.05, 0) is 31.4 Å². The fraction of sp³-hybridized carbons (Fsp3) is 0.417. The van der Waals surface area contributed by atoms with E-state index in [1.807, 2.05) is 23.1 Å². The normalized spacial score (nSPS) is 19.9. The van der Waals surface area contributed by atoms with Gasteiger partial charge in [-0.3, -0.25) is 4.79 Å². The molecule has 2 nitrogen and oxygen atoms in total. The minimum Gasteiger partial charge on any atom is -0.308 e. The second-order valence-corrected chi connectivity index (χ2v) is 4.18. The van der Waals surface area contributed by atoms with Gasteiger partial charge in [0.2, 0.25) is 5.91 Å². The third-order valence-corrected chi connectivity index (χ3v) is 3.14. The lowest BCUT2D eigenvalue weighted by atomic mass is 9.97. The molecule has 80 valence electrons. The molecule has 15 heavy (non-hydrogen) atoms. The van der Waals surface area contributed by atoms with Crippen LogP contribution in [0.2, 0.25) is 0 Å². The largest absolute Gasteiger partial charge is 0.308 e. The first kappa shape index (κ1) is 10.5. The molecule has 1 atom stereocenters. The lowest BCUT2D eigenvalue weighted by Gasteiger charge is -2.34. The van der Waals surface area contributed by atoms with Gasteiger partial charge in [-0.1, -0.05) is 18.2 Å². The fourth-order valence-electron chi connectivity index (χ4n) is 2.13. The van der Waals surface area contributed by atoms with Crippen LogP contribution in [-0.2, 0) is 11.2 Å². The number of nitrogens with zero attached hydrogens (tertiary/aromatic N) is 1. The minimum atomic E-state index is -0.00341. The number of fused-ring (bicyclic) bond motifs is 1. The maximum absolute atomic E-state index is 11.7. The smallest absolute Gasteiger partial charge is 0.242 e. The van der Waals surface area contributed by atoms with Crippen LogP contribution in [0.15, 0.2) is 24.3 Å². The molecule has 0 N–H and O–H groups in total. The van der Waals surface area contributed by atoms with Crippen LogP contribution in [-0.4, -0.2) is 17.8 Å². The van der Waals surface area contributed by atoms with Gasteiger partial charge in [-0.2, -0.15) is 0 Å². The number of rotatable bonds is 1. The summed E-state index contributed by atoms with van der Waals surface area (Å²) in [7, 11) is 0. The van der Waals surface area contributed by atoms with Gasteiger partial charge in [0.15, 0.2) is 0 Å². The second kappa shape index (κ2) is 4.23. The molecule has 0 saturated carbocycles. The molecule has 0 fully saturated rings. The first-order valence-corrected chi connectivity index (χ1v) is 5.73. The first-order chi connectivity index (χ1) is 7.24. The Bertz CT molecular complexity index is 378. The highest BCUT2D eigenvalue weighted by Crippen LogP contribution is 2.30. The van der Waals surface area contributed by atoms with Crippen molar-refractivity contribution in [3.05, 3.63) is 29.8 Å². The maximum Gasteiger partial charge on any atom is 0.242 e. The zero-order chi connectivity index (χ0) is 10.8. The van der Waals surface area contributed by atoms with Crippen LogP contribution in [0.3, 0.4) is 0 Å². The zero-order valence-electron chi connectivity index (χ0n) is 8.74. The van der Waals surface area contributed by atoms with E-state index >= 15 is 0 Å². The number of alkyl halides is 1. The molecule has 0 spiro atoms. The van der Waals surface area contributed by atoms with Gasteiger partial charge in [-0.15, -0.1) is 11.6 Å². The molecule has 0 saturated heterocycles. The average Bonchev–Trinajstić information content (AvgIpc) is 2.28. The molecular formula is C12H14ClNO. The molecule has 3 heteroatoms. The fourth-order valence-corrected chi connectivity index (χ4v) is 2.26. The third-order valence-electron chi connectivity index (χ3n) is 2.91. The number of carbonyl (C=O) groups is 1. The summed E-state index contributed by atoms with van der Waals surface area (Å²) in [5.74, 6) is 0.0508. The van der Waals surface area contributed by atoms with Crippen LogP contribution in [0, 0.1) is 0 Å². The topological polar surface area (TPSA) is 20.3 Å². The summed E-state index contributed by atoms with van der Waals surface area (Å²) in [6.45, 7) is 2.07. The number of benzene rings is 1. The summed E-state index contributed by atoms with van der Waals surface area (Å²) >= 11 is 5.63. The standard InChI is InChI=1S/C12H14ClNO/c1-9-6-7-10-4-2-3-5-11(10)14(9)12(15)8-13/h2-5,9H,6-8H2,1H3.